The van der Waals surface area contributed by atoms with Crippen LogP contribution in [0.25, 0.3) is 0 Å². The number of amides is 1. The second-order valence-electron chi connectivity index (χ2n) is 8.35. The summed E-state index contributed by atoms with van der Waals surface area (Å²) in [6.45, 7) is 8.56. The molecule has 0 aromatic heterocycles. The number of para-hydroxylation sites is 1. The maximum atomic E-state index is 13.0. The summed E-state index contributed by atoms with van der Waals surface area (Å²) in [4.78, 5) is 12.5. The number of hydrogen-bond donors (Lipinski definition) is 2. The molecule has 0 spiro atoms. The number of ether oxygens (including phenoxy) is 1. The lowest BCUT2D eigenvalue weighted by atomic mass is 10.0. The van der Waals surface area contributed by atoms with Gasteiger partial charge in [0.25, 0.3) is 15.9 Å². The van der Waals surface area contributed by atoms with Gasteiger partial charge in [-0.05, 0) is 72.9 Å². The number of nitrogens with one attached hydrogen (secondary N) is 2. The molecule has 0 heterocycles. The monoisotopic (exact) mass is 500 g/mol. The van der Waals surface area contributed by atoms with Crippen molar-refractivity contribution in [3.05, 3.63) is 87.9 Å². The highest BCUT2D eigenvalue weighted by Gasteiger charge is 2.21. The molecule has 0 fully saturated rings. The van der Waals surface area contributed by atoms with Crippen molar-refractivity contribution in [1.82, 2.24) is 5.32 Å². The van der Waals surface area contributed by atoms with Crippen molar-refractivity contribution in [3.8, 4) is 5.75 Å². The van der Waals surface area contributed by atoms with E-state index in [1.165, 1.54) is 18.2 Å². The van der Waals surface area contributed by atoms with Crippen LogP contribution in [0, 0.1) is 13.8 Å². The third-order valence-electron chi connectivity index (χ3n) is 5.43. The van der Waals surface area contributed by atoms with Crippen LogP contribution in [-0.2, 0) is 10.0 Å². The Labute approximate surface area is 206 Å². The van der Waals surface area contributed by atoms with Crippen molar-refractivity contribution in [3.63, 3.8) is 0 Å². The molecule has 0 aliphatic heterocycles. The first-order valence-electron chi connectivity index (χ1n) is 11.0. The van der Waals surface area contributed by atoms with E-state index >= 15 is 0 Å². The molecule has 1 amide bonds. The molecular weight excluding hydrogens is 472 g/mol. The van der Waals surface area contributed by atoms with E-state index < -0.39 is 15.9 Å². The Hall–Kier alpha value is -3.03. The summed E-state index contributed by atoms with van der Waals surface area (Å²) in [5.74, 6) is 0.682. The number of anilines is 1. The summed E-state index contributed by atoms with van der Waals surface area (Å²) in [7, 11) is -3.99. The van der Waals surface area contributed by atoms with Crippen molar-refractivity contribution in [1.29, 1.82) is 0 Å². The Morgan fingerprint density at radius 2 is 1.74 bits per heavy atom. The first kappa shape index (κ1) is 25.6. The zero-order valence-corrected chi connectivity index (χ0v) is 21.3. The predicted molar refractivity (Wildman–Crippen MR) is 137 cm³/mol. The number of benzene rings is 3. The Morgan fingerprint density at radius 1 is 1.00 bits per heavy atom. The quantitative estimate of drug-likeness (QED) is 0.370. The molecule has 3 aromatic rings. The fraction of sp³-hybridized carbons (Fsp3) is 0.269. The van der Waals surface area contributed by atoms with Gasteiger partial charge in [-0.15, -0.1) is 0 Å². The lowest BCUT2D eigenvalue weighted by molar-refractivity contribution is 0.0946. The van der Waals surface area contributed by atoms with Gasteiger partial charge in [0.15, 0.2) is 0 Å². The highest BCUT2D eigenvalue weighted by molar-refractivity contribution is 7.92. The smallest absolute Gasteiger partial charge is 0.263 e. The minimum absolute atomic E-state index is 0.0292. The third kappa shape index (κ3) is 6.30. The van der Waals surface area contributed by atoms with Gasteiger partial charge in [0.05, 0.1) is 11.6 Å². The fourth-order valence-electron chi connectivity index (χ4n) is 3.38. The normalized spacial score (nSPS) is 11.4. The molecule has 0 bridgehead atoms. The van der Waals surface area contributed by atoms with E-state index in [9.17, 15) is 13.2 Å². The molecule has 34 heavy (non-hydrogen) atoms. The van der Waals surface area contributed by atoms with Gasteiger partial charge in [-0.3, -0.25) is 9.52 Å². The van der Waals surface area contributed by atoms with Crippen LogP contribution in [0.3, 0.4) is 0 Å². The molecule has 0 saturated carbocycles. The zero-order chi connectivity index (χ0) is 24.9. The van der Waals surface area contributed by atoms with Gasteiger partial charge < -0.3 is 10.1 Å². The molecule has 0 aliphatic carbocycles. The largest absolute Gasteiger partial charge is 0.491 e. The van der Waals surface area contributed by atoms with Gasteiger partial charge in [0.2, 0.25) is 0 Å². The molecule has 8 heteroatoms. The maximum absolute atomic E-state index is 13.0. The average molecular weight is 501 g/mol. The van der Waals surface area contributed by atoms with Crippen molar-refractivity contribution in [2.45, 2.75) is 38.5 Å². The summed E-state index contributed by atoms with van der Waals surface area (Å²) < 4.78 is 34.3. The minimum Gasteiger partial charge on any atom is -0.491 e. The number of aryl methyl sites for hydroxylation is 2. The standard InChI is InChI=1S/C26H29ClN2O4S/c1-17(2)22-7-5-6-8-24(22)33-14-13-28-26(30)20-10-12-23(27)25(16-20)34(31,32)29-21-11-9-18(3)19(4)15-21/h5-12,15-17,29H,13-14H2,1-4H3,(H,28,30). The molecule has 2 N–H and O–H groups in total. The van der Waals surface area contributed by atoms with Crippen LogP contribution in [0.4, 0.5) is 5.69 Å². The second kappa shape index (κ2) is 10.9. The number of carbonyl (C=O) groups excluding carboxylic acids is 1. The van der Waals surface area contributed by atoms with Crippen LogP contribution in [0.5, 0.6) is 5.75 Å². The predicted octanol–water partition coefficient (Wildman–Crippen LogP) is 5.69. The molecule has 0 saturated heterocycles. The molecule has 180 valence electrons. The second-order valence-corrected chi connectivity index (χ2v) is 10.4. The van der Waals surface area contributed by atoms with Crippen LogP contribution in [0.2, 0.25) is 5.02 Å². The lowest BCUT2D eigenvalue weighted by Gasteiger charge is -2.14. The maximum Gasteiger partial charge on any atom is 0.263 e. The summed E-state index contributed by atoms with van der Waals surface area (Å²) in [5, 5.41) is 2.79. The summed E-state index contributed by atoms with van der Waals surface area (Å²) in [6.07, 6.45) is 0. The third-order valence-corrected chi connectivity index (χ3v) is 7.29. The first-order chi connectivity index (χ1) is 16.1. The summed E-state index contributed by atoms with van der Waals surface area (Å²) in [5.41, 5.74) is 3.71. The van der Waals surface area contributed by atoms with Crippen molar-refractivity contribution in [2.75, 3.05) is 17.9 Å². The van der Waals surface area contributed by atoms with Gasteiger partial charge in [0, 0.05) is 11.3 Å². The van der Waals surface area contributed by atoms with E-state index in [2.05, 4.69) is 23.9 Å². The summed E-state index contributed by atoms with van der Waals surface area (Å²) >= 11 is 6.17. The van der Waals surface area contributed by atoms with Gasteiger partial charge in [-0.2, -0.15) is 0 Å². The summed E-state index contributed by atoms with van der Waals surface area (Å²) in [6, 6.07) is 17.2. The fourth-order valence-corrected chi connectivity index (χ4v) is 4.96. The SMILES string of the molecule is Cc1ccc(NS(=O)(=O)c2cc(C(=O)NCCOc3ccccc3C(C)C)ccc2Cl)cc1C. The number of halogens is 1. The van der Waals surface area contributed by atoms with E-state index in [1.54, 1.807) is 12.1 Å². The Morgan fingerprint density at radius 3 is 2.44 bits per heavy atom. The van der Waals surface area contributed by atoms with Crippen LogP contribution >= 0.6 is 11.6 Å². The molecule has 0 radical (unpaired) electrons. The van der Waals surface area contributed by atoms with Crippen LogP contribution < -0.4 is 14.8 Å². The van der Waals surface area contributed by atoms with E-state index in [0.29, 0.717) is 11.6 Å². The number of rotatable bonds is 9. The minimum atomic E-state index is -3.99. The van der Waals surface area contributed by atoms with Crippen LogP contribution in [-0.4, -0.2) is 27.5 Å². The molecule has 0 unspecified atom stereocenters. The van der Waals surface area contributed by atoms with E-state index in [1.807, 2.05) is 44.2 Å². The van der Waals surface area contributed by atoms with Gasteiger partial charge in [-0.25, -0.2) is 8.42 Å². The molecule has 3 aromatic carbocycles. The van der Waals surface area contributed by atoms with Gasteiger partial charge in [0.1, 0.15) is 17.3 Å². The van der Waals surface area contributed by atoms with E-state index in [-0.39, 0.29) is 28.6 Å². The number of hydrogen-bond acceptors (Lipinski definition) is 4. The Kier molecular flexibility index (Phi) is 8.23. The topological polar surface area (TPSA) is 84.5 Å². The molecular formula is C26H29ClN2O4S. The van der Waals surface area contributed by atoms with Crippen molar-refractivity contribution in [2.24, 2.45) is 0 Å². The lowest BCUT2D eigenvalue weighted by Crippen LogP contribution is -2.28. The van der Waals surface area contributed by atoms with Crippen molar-refractivity contribution >= 4 is 33.2 Å². The van der Waals surface area contributed by atoms with Crippen LogP contribution in [0.1, 0.15) is 46.8 Å². The van der Waals surface area contributed by atoms with Crippen LogP contribution in [0.15, 0.2) is 65.6 Å². The highest BCUT2D eigenvalue weighted by atomic mass is 35.5. The molecule has 6 nitrogen and oxygen atoms in total. The Bertz CT molecular complexity index is 1290. The van der Waals surface area contributed by atoms with E-state index in [0.717, 1.165) is 22.4 Å². The van der Waals surface area contributed by atoms with Gasteiger partial charge in [-0.1, -0.05) is 49.7 Å². The van der Waals surface area contributed by atoms with E-state index in [4.69, 9.17) is 16.3 Å². The number of sulfonamides is 1. The van der Waals surface area contributed by atoms with Gasteiger partial charge >= 0.3 is 0 Å². The molecule has 3 rings (SSSR count). The van der Waals surface area contributed by atoms with Crippen molar-refractivity contribution < 1.29 is 17.9 Å². The average Bonchev–Trinajstić information content (AvgIpc) is 2.79. The highest BCUT2D eigenvalue weighted by Crippen LogP contribution is 2.27. The number of carbonyl (C=O) groups is 1. The zero-order valence-electron chi connectivity index (χ0n) is 19.7. The first-order valence-corrected chi connectivity index (χ1v) is 12.8. The molecule has 0 aliphatic rings. The molecule has 0 atom stereocenters. The Balaban J connectivity index is 1.66.